The Morgan fingerprint density at radius 1 is 1.19 bits per heavy atom. The molecule has 0 aliphatic rings. The van der Waals surface area contributed by atoms with E-state index in [-0.39, 0.29) is 5.56 Å². The van der Waals surface area contributed by atoms with Crippen molar-refractivity contribution in [3.05, 3.63) is 46.2 Å². The van der Waals surface area contributed by atoms with Gasteiger partial charge in [0.25, 0.3) is 0 Å². The lowest BCUT2D eigenvalue weighted by Gasteiger charge is -2.04. The zero-order valence-corrected chi connectivity index (χ0v) is 9.03. The maximum absolute atomic E-state index is 11.0. The van der Waals surface area contributed by atoms with Crippen molar-refractivity contribution in [3.63, 3.8) is 0 Å². The molecule has 16 heavy (non-hydrogen) atoms. The number of carboxylic acids is 1. The van der Waals surface area contributed by atoms with Crippen LogP contribution in [-0.2, 0) is 0 Å². The molecular formula is C12H8O3S. The van der Waals surface area contributed by atoms with E-state index in [4.69, 9.17) is 5.11 Å². The molecule has 0 fully saturated rings. The van der Waals surface area contributed by atoms with E-state index in [1.165, 1.54) is 17.4 Å². The predicted octanol–water partition coefficient (Wildman–Crippen LogP) is 2.93. The van der Waals surface area contributed by atoms with Crippen molar-refractivity contribution in [2.45, 2.75) is 0 Å². The third kappa shape index (κ3) is 1.75. The molecule has 0 saturated carbocycles. The first kappa shape index (κ1) is 10.6. The van der Waals surface area contributed by atoms with Gasteiger partial charge in [-0.2, -0.15) is 0 Å². The van der Waals surface area contributed by atoms with Gasteiger partial charge in [0.1, 0.15) is 0 Å². The van der Waals surface area contributed by atoms with Gasteiger partial charge in [-0.15, -0.1) is 11.3 Å². The van der Waals surface area contributed by atoms with E-state index in [1.54, 1.807) is 29.6 Å². The predicted molar refractivity (Wildman–Crippen MR) is 62.1 cm³/mol. The summed E-state index contributed by atoms with van der Waals surface area (Å²) >= 11 is 1.30. The molecule has 1 aromatic carbocycles. The average molecular weight is 232 g/mol. The smallest absolute Gasteiger partial charge is 0.336 e. The number of hydrogen-bond acceptors (Lipinski definition) is 3. The summed E-state index contributed by atoms with van der Waals surface area (Å²) in [6.07, 6.45) is 0.749. The van der Waals surface area contributed by atoms with Gasteiger partial charge in [-0.05, 0) is 23.1 Å². The van der Waals surface area contributed by atoms with Gasteiger partial charge in [-0.3, -0.25) is 4.79 Å². The van der Waals surface area contributed by atoms with Crippen LogP contribution in [0, 0.1) is 0 Å². The minimum Gasteiger partial charge on any atom is -0.478 e. The zero-order chi connectivity index (χ0) is 11.5. The lowest BCUT2D eigenvalue weighted by Crippen LogP contribution is -1.99. The molecule has 1 aromatic heterocycles. The maximum atomic E-state index is 11.0. The van der Waals surface area contributed by atoms with E-state index in [9.17, 15) is 9.59 Å². The third-order valence-corrected chi connectivity index (χ3v) is 3.09. The van der Waals surface area contributed by atoms with E-state index in [0.29, 0.717) is 16.0 Å². The van der Waals surface area contributed by atoms with Crippen LogP contribution in [0.4, 0.5) is 0 Å². The summed E-state index contributed by atoms with van der Waals surface area (Å²) in [4.78, 5) is 22.4. The Morgan fingerprint density at radius 3 is 2.62 bits per heavy atom. The van der Waals surface area contributed by atoms with Crippen molar-refractivity contribution in [3.8, 4) is 11.1 Å². The van der Waals surface area contributed by atoms with E-state index < -0.39 is 5.97 Å². The van der Waals surface area contributed by atoms with Crippen LogP contribution in [0.5, 0.6) is 0 Å². The van der Waals surface area contributed by atoms with Gasteiger partial charge in [0.05, 0.1) is 10.4 Å². The summed E-state index contributed by atoms with van der Waals surface area (Å²) in [6, 6.07) is 8.42. The van der Waals surface area contributed by atoms with Crippen molar-refractivity contribution in [2.75, 3.05) is 0 Å². The second-order valence-electron chi connectivity index (χ2n) is 3.17. The average Bonchev–Trinajstić information content (AvgIpc) is 2.76. The Balaban J connectivity index is 2.64. The first-order chi connectivity index (χ1) is 7.74. The molecule has 2 aromatic rings. The molecule has 0 aliphatic carbocycles. The van der Waals surface area contributed by atoms with Crippen LogP contribution in [0.15, 0.2) is 35.7 Å². The Labute approximate surface area is 96.0 Å². The van der Waals surface area contributed by atoms with Gasteiger partial charge in [-0.25, -0.2) is 4.79 Å². The Hall–Kier alpha value is -1.94. The first-order valence-electron chi connectivity index (χ1n) is 4.59. The van der Waals surface area contributed by atoms with Crippen molar-refractivity contribution in [1.29, 1.82) is 0 Å². The summed E-state index contributed by atoms with van der Waals surface area (Å²) in [5, 5.41) is 10.8. The van der Waals surface area contributed by atoms with Gasteiger partial charge in [0.15, 0.2) is 6.29 Å². The second kappa shape index (κ2) is 4.28. The molecule has 1 N–H and O–H groups in total. The molecule has 0 spiro atoms. The van der Waals surface area contributed by atoms with Crippen molar-refractivity contribution < 1.29 is 14.7 Å². The minimum atomic E-state index is -0.987. The lowest BCUT2D eigenvalue weighted by atomic mass is 10.0. The highest BCUT2D eigenvalue weighted by Crippen LogP contribution is 2.29. The number of carbonyl (C=O) groups is 2. The molecule has 0 aliphatic heterocycles. The maximum Gasteiger partial charge on any atom is 0.336 e. The summed E-state index contributed by atoms with van der Waals surface area (Å²) in [7, 11) is 0. The van der Waals surface area contributed by atoms with Gasteiger partial charge in [-0.1, -0.05) is 18.2 Å². The van der Waals surface area contributed by atoms with Crippen LogP contribution in [0.2, 0.25) is 0 Å². The SMILES string of the molecule is O=Cc1sccc1-c1ccccc1C(=O)O. The second-order valence-corrected chi connectivity index (χ2v) is 4.11. The number of benzene rings is 1. The molecule has 80 valence electrons. The minimum absolute atomic E-state index is 0.212. The topological polar surface area (TPSA) is 54.4 Å². The van der Waals surface area contributed by atoms with Crippen LogP contribution < -0.4 is 0 Å². The fourth-order valence-corrected chi connectivity index (χ4v) is 2.25. The first-order valence-corrected chi connectivity index (χ1v) is 5.47. The monoisotopic (exact) mass is 232 g/mol. The van der Waals surface area contributed by atoms with Crippen LogP contribution in [0.3, 0.4) is 0 Å². The summed E-state index contributed by atoms with van der Waals surface area (Å²) < 4.78 is 0. The van der Waals surface area contributed by atoms with Gasteiger partial charge in [0.2, 0.25) is 0 Å². The summed E-state index contributed by atoms with van der Waals surface area (Å²) in [5.41, 5.74) is 1.47. The quantitative estimate of drug-likeness (QED) is 0.828. The molecule has 1 heterocycles. The molecule has 2 rings (SSSR count). The van der Waals surface area contributed by atoms with Crippen LogP contribution in [0.1, 0.15) is 20.0 Å². The van der Waals surface area contributed by atoms with Crippen LogP contribution in [0.25, 0.3) is 11.1 Å². The molecule has 3 nitrogen and oxygen atoms in total. The van der Waals surface area contributed by atoms with E-state index in [2.05, 4.69) is 0 Å². The molecule has 0 amide bonds. The molecule has 0 atom stereocenters. The Morgan fingerprint density at radius 2 is 1.94 bits per heavy atom. The van der Waals surface area contributed by atoms with Gasteiger partial charge < -0.3 is 5.11 Å². The summed E-state index contributed by atoms with van der Waals surface area (Å²) in [5.74, 6) is -0.987. The van der Waals surface area contributed by atoms with Crippen molar-refractivity contribution in [2.24, 2.45) is 0 Å². The summed E-state index contributed by atoms with van der Waals surface area (Å²) in [6.45, 7) is 0. The number of aldehydes is 1. The lowest BCUT2D eigenvalue weighted by molar-refractivity contribution is 0.0697. The molecule has 4 heteroatoms. The van der Waals surface area contributed by atoms with Gasteiger partial charge >= 0.3 is 5.97 Å². The standard InChI is InChI=1S/C12H8O3S/c13-7-11-9(5-6-16-11)8-3-1-2-4-10(8)12(14)15/h1-7H,(H,14,15). The highest BCUT2D eigenvalue weighted by molar-refractivity contribution is 7.12. The highest BCUT2D eigenvalue weighted by Gasteiger charge is 2.14. The fourth-order valence-electron chi connectivity index (χ4n) is 1.54. The van der Waals surface area contributed by atoms with Crippen LogP contribution >= 0.6 is 11.3 Å². The molecule has 0 bridgehead atoms. The fraction of sp³-hybridized carbons (Fsp3) is 0. The largest absolute Gasteiger partial charge is 0.478 e. The van der Waals surface area contributed by atoms with E-state index in [0.717, 1.165) is 6.29 Å². The van der Waals surface area contributed by atoms with E-state index in [1.807, 2.05) is 0 Å². The number of carboxylic acid groups (broad SMARTS) is 1. The number of rotatable bonds is 3. The van der Waals surface area contributed by atoms with Crippen LogP contribution in [-0.4, -0.2) is 17.4 Å². The van der Waals surface area contributed by atoms with Crippen molar-refractivity contribution in [1.82, 2.24) is 0 Å². The van der Waals surface area contributed by atoms with E-state index >= 15 is 0 Å². The molecule has 0 unspecified atom stereocenters. The molecule has 0 radical (unpaired) electrons. The number of aromatic carboxylic acids is 1. The van der Waals surface area contributed by atoms with Crippen molar-refractivity contribution >= 4 is 23.6 Å². The molecule has 0 saturated heterocycles. The Bertz CT molecular complexity index is 543. The zero-order valence-electron chi connectivity index (χ0n) is 8.21. The number of carbonyl (C=O) groups excluding carboxylic acids is 1. The number of thiophene rings is 1. The van der Waals surface area contributed by atoms with Gasteiger partial charge in [0, 0.05) is 5.56 Å². The number of hydrogen-bond donors (Lipinski definition) is 1. The Kier molecular flexibility index (Phi) is 2.83. The highest BCUT2D eigenvalue weighted by atomic mass is 32.1. The molecular weight excluding hydrogens is 224 g/mol. The third-order valence-electron chi connectivity index (χ3n) is 2.25. The normalized spacial score (nSPS) is 10.0.